The van der Waals surface area contributed by atoms with Crippen LogP contribution in [0.4, 0.5) is 0 Å². The van der Waals surface area contributed by atoms with Crippen LogP contribution >= 0.6 is 0 Å². The summed E-state index contributed by atoms with van der Waals surface area (Å²) in [5, 5.41) is 7.93. The van der Waals surface area contributed by atoms with E-state index in [9.17, 15) is 18.3 Å². The van der Waals surface area contributed by atoms with Crippen LogP contribution in [0.25, 0.3) is 0 Å². The number of hydrogen-bond donors (Lipinski definition) is 1. The molecule has 5 nitrogen and oxygen atoms in total. The highest BCUT2D eigenvalue weighted by Crippen LogP contribution is 2.29. The summed E-state index contributed by atoms with van der Waals surface area (Å²) in [6.45, 7) is 3.75. The first-order chi connectivity index (χ1) is 11.4. The second kappa shape index (κ2) is 9.99. The lowest BCUT2D eigenvalue weighted by molar-refractivity contribution is -0.136. The van der Waals surface area contributed by atoms with E-state index in [4.69, 9.17) is 4.74 Å². The average Bonchev–Trinajstić information content (AvgIpc) is 2.55. The van der Waals surface area contributed by atoms with Gasteiger partial charge in [-0.3, -0.25) is 4.79 Å². The Labute approximate surface area is 144 Å². The Bertz CT molecular complexity index is 698. The van der Waals surface area contributed by atoms with Crippen molar-refractivity contribution in [3.05, 3.63) is 24.3 Å². The normalized spacial score (nSPS) is 12.1. The van der Waals surface area contributed by atoms with E-state index in [0.717, 1.165) is 19.3 Å². The molecule has 0 aliphatic rings. The summed E-state index contributed by atoms with van der Waals surface area (Å²) in [6, 6.07) is 6.10. The minimum atomic E-state index is -4.03. The van der Waals surface area contributed by atoms with Gasteiger partial charge in [-0.1, -0.05) is 50.7 Å². The monoisotopic (exact) mass is 352 g/mol. The zero-order valence-electron chi connectivity index (χ0n) is 14.1. The van der Waals surface area contributed by atoms with Gasteiger partial charge in [0.05, 0.1) is 0 Å². The van der Waals surface area contributed by atoms with E-state index in [1.165, 1.54) is 12.1 Å². The molecular formula is C18H24O5S. The number of benzene rings is 1. The van der Waals surface area contributed by atoms with E-state index in [2.05, 4.69) is 11.8 Å². The zero-order valence-corrected chi connectivity index (χ0v) is 14.9. The number of para-hydroxylation sites is 1. The average molecular weight is 352 g/mol. The molecule has 0 radical (unpaired) electrons. The van der Waals surface area contributed by atoms with Crippen molar-refractivity contribution in [2.24, 2.45) is 0 Å². The van der Waals surface area contributed by atoms with Crippen LogP contribution in [0.5, 0.6) is 5.75 Å². The Morgan fingerprint density at radius 3 is 2.58 bits per heavy atom. The molecule has 1 aromatic carbocycles. The van der Waals surface area contributed by atoms with Crippen LogP contribution in [-0.2, 0) is 14.6 Å². The van der Waals surface area contributed by atoms with Gasteiger partial charge in [0.25, 0.3) is 0 Å². The standard InChI is InChI=1S/C18H24O5S/c1-3-5-7-8-13-17(18(19)20)24(21,22)16-12-10-9-11-15(16)23-14-6-4-2/h9-12,17H,3,5,7-8,13-14H2,1-2H3,(H,19,20). The highest BCUT2D eigenvalue weighted by molar-refractivity contribution is 7.92. The summed E-state index contributed by atoms with van der Waals surface area (Å²) in [6.07, 6.45) is 3.44. The molecule has 0 amide bonds. The lowest BCUT2D eigenvalue weighted by Crippen LogP contribution is -2.30. The molecular weight excluding hydrogens is 328 g/mol. The molecule has 0 aliphatic heterocycles. The van der Waals surface area contributed by atoms with Crippen LogP contribution in [0.15, 0.2) is 29.2 Å². The summed E-state index contributed by atoms with van der Waals surface area (Å²) in [4.78, 5) is 11.4. The molecule has 24 heavy (non-hydrogen) atoms. The van der Waals surface area contributed by atoms with Crippen molar-refractivity contribution in [1.29, 1.82) is 0 Å². The molecule has 1 unspecified atom stereocenters. The molecule has 0 fully saturated rings. The lowest BCUT2D eigenvalue weighted by atomic mass is 10.1. The number of carbonyl (C=O) groups is 1. The van der Waals surface area contributed by atoms with Crippen LogP contribution in [-0.4, -0.2) is 31.4 Å². The van der Waals surface area contributed by atoms with Crippen LogP contribution < -0.4 is 4.74 Å². The van der Waals surface area contributed by atoms with Gasteiger partial charge < -0.3 is 9.84 Å². The third kappa shape index (κ3) is 5.57. The third-order valence-corrected chi connectivity index (χ3v) is 5.74. The number of unbranched alkanes of at least 4 members (excludes halogenated alkanes) is 3. The second-order valence-electron chi connectivity index (χ2n) is 5.38. The third-order valence-electron chi connectivity index (χ3n) is 3.60. The fraction of sp³-hybridized carbons (Fsp3) is 0.500. The van der Waals surface area contributed by atoms with Crippen molar-refractivity contribution in [3.63, 3.8) is 0 Å². The van der Waals surface area contributed by atoms with Gasteiger partial charge in [-0.15, -0.1) is 5.92 Å². The summed E-state index contributed by atoms with van der Waals surface area (Å²) in [7, 11) is -4.03. The van der Waals surface area contributed by atoms with Crippen LogP contribution in [0.3, 0.4) is 0 Å². The maximum atomic E-state index is 12.8. The summed E-state index contributed by atoms with van der Waals surface area (Å²) in [5.74, 6) is 4.17. The Hall–Kier alpha value is -2.00. The fourth-order valence-corrected chi connectivity index (χ4v) is 4.04. The molecule has 1 atom stereocenters. The van der Waals surface area contributed by atoms with Gasteiger partial charge >= 0.3 is 5.97 Å². The molecule has 0 aliphatic carbocycles. The number of rotatable bonds is 10. The summed E-state index contributed by atoms with van der Waals surface area (Å²) < 4.78 is 31.0. The first kappa shape index (κ1) is 20.0. The molecule has 1 N–H and O–H groups in total. The number of carboxylic acid groups (broad SMARTS) is 1. The lowest BCUT2D eigenvalue weighted by Gasteiger charge is -2.16. The molecule has 1 aromatic rings. The first-order valence-corrected chi connectivity index (χ1v) is 9.57. The molecule has 0 saturated carbocycles. The van der Waals surface area contributed by atoms with E-state index in [1.807, 2.05) is 6.92 Å². The van der Waals surface area contributed by atoms with Crippen molar-refractivity contribution in [2.75, 3.05) is 6.61 Å². The van der Waals surface area contributed by atoms with Crippen molar-refractivity contribution in [3.8, 4) is 17.6 Å². The molecule has 0 saturated heterocycles. The number of hydrogen-bond acceptors (Lipinski definition) is 4. The predicted molar refractivity (Wildman–Crippen MR) is 92.8 cm³/mol. The van der Waals surface area contributed by atoms with Crippen LogP contribution in [0, 0.1) is 11.8 Å². The molecule has 1 rings (SSSR count). The number of ether oxygens (including phenoxy) is 1. The molecule has 6 heteroatoms. The van der Waals surface area contributed by atoms with Gasteiger partial charge in [-0.2, -0.15) is 0 Å². The van der Waals surface area contributed by atoms with E-state index in [-0.39, 0.29) is 23.7 Å². The van der Waals surface area contributed by atoms with Gasteiger partial charge in [-0.05, 0) is 25.5 Å². The quantitative estimate of drug-likeness (QED) is 0.516. The highest BCUT2D eigenvalue weighted by atomic mass is 32.2. The molecule has 0 bridgehead atoms. The predicted octanol–water partition coefficient (Wildman–Crippen LogP) is 3.29. The molecule has 0 aromatic heterocycles. The summed E-state index contributed by atoms with van der Waals surface area (Å²) >= 11 is 0. The minimum absolute atomic E-state index is 0.0528. The topological polar surface area (TPSA) is 80.7 Å². The Balaban J connectivity index is 3.05. The van der Waals surface area contributed by atoms with Crippen LogP contribution in [0.2, 0.25) is 0 Å². The van der Waals surface area contributed by atoms with Gasteiger partial charge in [0.1, 0.15) is 17.3 Å². The molecule has 0 heterocycles. The first-order valence-electron chi connectivity index (χ1n) is 8.03. The van der Waals surface area contributed by atoms with E-state index >= 15 is 0 Å². The molecule has 132 valence electrons. The van der Waals surface area contributed by atoms with Crippen molar-refractivity contribution < 1.29 is 23.1 Å². The highest BCUT2D eigenvalue weighted by Gasteiger charge is 2.35. The summed E-state index contributed by atoms with van der Waals surface area (Å²) in [5.41, 5.74) is 0. The van der Waals surface area contributed by atoms with Gasteiger partial charge in [-0.25, -0.2) is 8.42 Å². The van der Waals surface area contributed by atoms with Gasteiger partial charge in [0.2, 0.25) is 0 Å². The zero-order chi connectivity index (χ0) is 18.0. The van der Waals surface area contributed by atoms with Crippen molar-refractivity contribution in [1.82, 2.24) is 0 Å². The Morgan fingerprint density at radius 2 is 1.96 bits per heavy atom. The Kier molecular flexibility index (Phi) is 8.34. The minimum Gasteiger partial charge on any atom is -0.480 e. The van der Waals surface area contributed by atoms with Crippen LogP contribution in [0.1, 0.15) is 46.0 Å². The van der Waals surface area contributed by atoms with Gasteiger partial charge in [0, 0.05) is 0 Å². The van der Waals surface area contributed by atoms with Crippen molar-refractivity contribution >= 4 is 15.8 Å². The smallest absolute Gasteiger partial charge is 0.322 e. The number of sulfone groups is 1. The fourth-order valence-electron chi connectivity index (χ4n) is 2.31. The SMILES string of the molecule is CC#CCOc1ccccc1S(=O)(=O)C(CCCCCC)C(=O)O. The maximum Gasteiger partial charge on any atom is 0.322 e. The van der Waals surface area contributed by atoms with E-state index in [0.29, 0.717) is 6.42 Å². The number of carboxylic acids is 1. The number of aliphatic carboxylic acids is 1. The van der Waals surface area contributed by atoms with E-state index < -0.39 is 21.1 Å². The maximum absolute atomic E-state index is 12.8. The Morgan fingerprint density at radius 1 is 1.25 bits per heavy atom. The second-order valence-corrected chi connectivity index (χ2v) is 7.48. The molecule has 0 spiro atoms. The largest absolute Gasteiger partial charge is 0.480 e. The van der Waals surface area contributed by atoms with Crippen molar-refractivity contribution in [2.45, 2.75) is 56.1 Å². The van der Waals surface area contributed by atoms with E-state index in [1.54, 1.807) is 19.1 Å². The van der Waals surface area contributed by atoms with Gasteiger partial charge in [0.15, 0.2) is 15.1 Å².